The van der Waals surface area contributed by atoms with Crippen LogP contribution in [-0.2, 0) is 23.8 Å². The van der Waals surface area contributed by atoms with Crippen molar-refractivity contribution in [2.45, 2.75) is 442 Å². The maximum absolute atomic E-state index is 13.1. The number of ether oxygens (including phenoxy) is 3. The van der Waals surface area contributed by atoms with Crippen LogP contribution in [0.4, 0.5) is 0 Å². The average Bonchev–Trinajstić information content (AvgIpc) is 2.25. The molecular formula is C78H149NO10. The van der Waals surface area contributed by atoms with Gasteiger partial charge in [-0.2, -0.15) is 0 Å². The standard InChI is InChI=1S/C78H149NO10/c1-3-5-7-9-11-13-44-48-52-56-60-64-71(81)70(69-88-78-77(86)76(85)75(84)72(68-80)89-78)79-73(82)65-61-57-53-49-46-42-40-38-36-34-32-30-28-26-24-22-20-18-16-15-17-19-21-23-25-27-29-31-33-35-37-39-41-43-47-51-55-59-63-67-87-74(83)66-62-58-54-50-45-14-12-10-8-6-4-2/h10,12,60,64,70-72,75-78,80-81,84-86H,3-9,11,13-59,61-63,65-69H2,1-2H3,(H,79,82)/b12-10-,64-60+. The van der Waals surface area contributed by atoms with Crippen molar-refractivity contribution in [3.63, 3.8) is 0 Å². The number of esters is 1. The van der Waals surface area contributed by atoms with Crippen LogP contribution in [0.5, 0.6) is 0 Å². The van der Waals surface area contributed by atoms with Gasteiger partial charge in [-0.15, -0.1) is 0 Å². The molecule has 1 aliphatic heterocycles. The smallest absolute Gasteiger partial charge is 0.305 e. The van der Waals surface area contributed by atoms with Gasteiger partial charge in [0.15, 0.2) is 6.29 Å². The Balaban J connectivity index is 1.86. The molecule has 11 heteroatoms. The van der Waals surface area contributed by atoms with Crippen molar-refractivity contribution in [1.29, 1.82) is 0 Å². The largest absolute Gasteiger partial charge is 0.466 e. The number of aliphatic hydroxyl groups excluding tert-OH is 5. The van der Waals surface area contributed by atoms with Crippen LogP contribution in [0.25, 0.3) is 0 Å². The van der Waals surface area contributed by atoms with Crippen LogP contribution in [0, 0.1) is 0 Å². The molecule has 89 heavy (non-hydrogen) atoms. The highest BCUT2D eigenvalue weighted by Gasteiger charge is 2.44. The van der Waals surface area contributed by atoms with Gasteiger partial charge in [-0.1, -0.05) is 359 Å². The van der Waals surface area contributed by atoms with E-state index >= 15 is 0 Å². The van der Waals surface area contributed by atoms with E-state index < -0.39 is 49.5 Å². The van der Waals surface area contributed by atoms with Crippen LogP contribution in [0.15, 0.2) is 24.3 Å². The second-order valence-corrected chi connectivity index (χ2v) is 27.4. The maximum atomic E-state index is 13.1. The van der Waals surface area contributed by atoms with E-state index in [9.17, 15) is 35.1 Å². The Hall–Kier alpha value is -1.86. The lowest BCUT2D eigenvalue weighted by Gasteiger charge is -2.40. The number of hydrogen-bond donors (Lipinski definition) is 6. The fraction of sp³-hybridized carbons (Fsp3) is 0.923. The second kappa shape index (κ2) is 67.6. The van der Waals surface area contributed by atoms with Gasteiger partial charge in [0.25, 0.3) is 0 Å². The first-order valence-corrected chi connectivity index (χ1v) is 39.1. The lowest BCUT2D eigenvalue weighted by molar-refractivity contribution is -0.302. The average molecular weight is 1260 g/mol. The molecule has 1 fully saturated rings. The van der Waals surface area contributed by atoms with Gasteiger partial charge in [0.05, 0.1) is 32.0 Å². The summed E-state index contributed by atoms with van der Waals surface area (Å²) in [5.74, 6) is -0.166. The molecule has 11 nitrogen and oxygen atoms in total. The minimum atomic E-state index is -1.57. The monoisotopic (exact) mass is 1260 g/mol. The Morgan fingerprint density at radius 2 is 0.730 bits per heavy atom. The molecule has 0 aromatic heterocycles. The summed E-state index contributed by atoms with van der Waals surface area (Å²) in [5.41, 5.74) is 0. The molecule has 1 saturated heterocycles. The van der Waals surface area contributed by atoms with E-state index in [4.69, 9.17) is 14.2 Å². The van der Waals surface area contributed by atoms with Crippen LogP contribution in [0.1, 0.15) is 399 Å². The molecule has 0 aromatic rings. The summed E-state index contributed by atoms with van der Waals surface area (Å²) in [6, 6.07) is -0.804. The zero-order valence-corrected chi connectivity index (χ0v) is 58.7. The Morgan fingerprint density at radius 1 is 0.404 bits per heavy atom. The highest BCUT2D eigenvalue weighted by Crippen LogP contribution is 2.24. The number of hydrogen-bond acceptors (Lipinski definition) is 10. The van der Waals surface area contributed by atoms with Crippen molar-refractivity contribution in [2.24, 2.45) is 0 Å². The van der Waals surface area contributed by atoms with E-state index in [1.54, 1.807) is 6.08 Å². The predicted octanol–water partition coefficient (Wildman–Crippen LogP) is 20.8. The molecule has 7 atom stereocenters. The number of nitrogens with one attached hydrogen (secondary N) is 1. The Bertz CT molecular complexity index is 1530. The van der Waals surface area contributed by atoms with E-state index in [1.165, 1.54) is 315 Å². The third kappa shape index (κ3) is 56.2. The first kappa shape index (κ1) is 85.2. The predicted molar refractivity (Wildman–Crippen MR) is 375 cm³/mol. The third-order valence-corrected chi connectivity index (χ3v) is 18.8. The summed E-state index contributed by atoms with van der Waals surface area (Å²) in [5, 5.41) is 54.5. The lowest BCUT2D eigenvalue weighted by atomic mass is 9.99. The number of carbonyl (C=O) groups is 2. The molecule has 1 heterocycles. The van der Waals surface area contributed by atoms with Gasteiger partial charge in [-0.3, -0.25) is 9.59 Å². The second-order valence-electron chi connectivity index (χ2n) is 27.4. The summed E-state index contributed by atoms with van der Waals surface area (Å²) in [6.07, 6.45) is 76.5. The topological polar surface area (TPSA) is 175 Å². The molecule has 6 N–H and O–H groups in total. The van der Waals surface area contributed by atoms with E-state index in [2.05, 4.69) is 31.3 Å². The first-order chi connectivity index (χ1) is 43.7. The van der Waals surface area contributed by atoms with Crippen LogP contribution in [0.3, 0.4) is 0 Å². The molecule has 0 spiro atoms. The van der Waals surface area contributed by atoms with Gasteiger partial charge in [0, 0.05) is 12.8 Å². The van der Waals surface area contributed by atoms with E-state index in [-0.39, 0.29) is 18.5 Å². The molecule has 0 bridgehead atoms. The van der Waals surface area contributed by atoms with E-state index in [0.29, 0.717) is 19.4 Å². The zero-order valence-electron chi connectivity index (χ0n) is 58.7. The van der Waals surface area contributed by atoms with Crippen LogP contribution < -0.4 is 5.32 Å². The molecule has 1 amide bonds. The third-order valence-electron chi connectivity index (χ3n) is 18.8. The van der Waals surface area contributed by atoms with Crippen LogP contribution >= 0.6 is 0 Å². The van der Waals surface area contributed by atoms with Gasteiger partial charge in [0.1, 0.15) is 24.4 Å². The summed E-state index contributed by atoms with van der Waals surface area (Å²) in [4.78, 5) is 25.1. The molecule has 1 rings (SSSR count). The van der Waals surface area contributed by atoms with Crippen molar-refractivity contribution >= 4 is 11.9 Å². The lowest BCUT2D eigenvalue weighted by Crippen LogP contribution is -2.60. The van der Waals surface area contributed by atoms with Gasteiger partial charge < -0.3 is 45.1 Å². The minimum absolute atomic E-state index is 0.00774. The normalized spacial score (nSPS) is 17.8. The molecule has 0 aromatic carbocycles. The molecule has 526 valence electrons. The molecule has 0 radical (unpaired) electrons. The number of amides is 1. The fourth-order valence-corrected chi connectivity index (χ4v) is 12.7. The van der Waals surface area contributed by atoms with E-state index in [0.717, 1.165) is 57.8 Å². The fourth-order valence-electron chi connectivity index (χ4n) is 12.7. The number of allylic oxidation sites excluding steroid dienone is 3. The van der Waals surface area contributed by atoms with Crippen LogP contribution in [0.2, 0.25) is 0 Å². The van der Waals surface area contributed by atoms with Crippen molar-refractivity contribution in [2.75, 3.05) is 19.8 Å². The molecule has 0 aliphatic carbocycles. The molecule has 7 unspecified atom stereocenters. The minimum Gasteiger partial charge on any atom is -0.466 e. The SMILES string of the molecule is CCCC/C=C\CCCCCCCC(=O)OCCCCCCCCCCCCCCCCCCCCCCCCCCCCCCCCCCCCCCCCCC(=O)NC(COC1OC(CO)C(O)C(O)C1O)C(O)/C=C/CCCCCCCCCCC. The highest BCUT2D eigenvalue weighted by atomic mass is 16.7. The number of aliphatic hydroxyl groups is 5. The zero-order chi connectivity index (χ0) is 64.4. The van der Waals surface area contributed by atoms with Gasteiger partial charge in [0.2, 0.25) is 5.91 Å². The number of unbranched alkanes of at least 4 members (excludes halogenated alkanes) is 54. The molecular weight excluding hydrogens is 1110 g/mol. The Labute approximate surface area is 550 Å². The summed E-state index contributed by atoms with van der Waals surface area (Å²) >= 11 is 0. The first-order valence-electron chi connectivity index (χ1n) is 39.1. The quantitative estimate of drug-likeness (QED) is 0.0195. The number of carbonyl (C=O) groups excluding carboxylic acids is 2. The molecule has 1 aliphatic rings. The van der Waals surface area contributed by atoms with Crippen molar-refractivity contribution < 1.29 is 49.3 Å². The summed E-state index contributed by atoms with van der Waals surface area (Å²) in [7, 11) is 0. The van der Waals surface area contributed by atoms with Crippen molar-refractivity contribution in [3.05, 3.63) is 24.3 Å². The van der Waals surface area contributed by atoms with Gasteiger partial charge >= 0.3 is 5.97 Å². The van der Waals surface area contributed by atoms with Gasteiger partial charge in [-0.25, -0.2) is 0 Å². The maximum Gasteiger partial charge on any atom is 0.305 e. The van der Waals surface area contributed by atoms with Gasteiger partial charge in [-0.05, 0) is 51.4 Å². The van der Waals surface area contributed by atoms with E-state index in [1.807, 2.05) is 6.08 Å². The Morgan fingerprint density at radius 3 is 1.11 bits per heavy atom. The van der Waals surface area contributed by atoms with Crippen molar-refractivity contribution in [1.82, 2.24) is 5.32 Å². The highest BCUT2D eigenvalue weighted by molar-refractivity contribution is 5.76. The molecule has 0 saturated carbocycles. The number of rotatable bonds is 70. The Kier molecular flexibility index (Phi) is 64.6. The van der Waals surface area contributed by atoms with Crippen molar-refractivity contribution in [3.8, 4) is 0 Å². The summed E-state index contributed by atoms with van der Waals surface area (Å²) < 4.78 is 16.7. The van der Waals surface area contributed by atoms with Crippen LogP contribution in [-0.4, -0.2) is 100 Å². The summed E-state index contributed by atoms with van der Waals surface area (Å²) in [6.45, 7) is 4.34.